The highest BCUT2D eigenvalue weighted by molar-refractivity contribution is 7.22. The molecule has 2 heterocycles. The fourth-order valence-corrected chi connectivity index (χ4v) is 5.58. The summed E-state index contributed by atoms with van der Waals surface area (Å²) in [5.41, 5.74) is 3.79. The predicted octanol–water partition coefficient (Wildman–Crippen LogP) is 5.81. The normalized spacial score (nSPS) is 17.0. The number of ether oxygens (including phenoxy) is 2. The lowest BCUT2D eigenvalue weighted by Gasteiger charge is -2.25. The van der Waals surface area contributed by atoms with Crippen LogP contribution in [0.2, 0.25) is 0 Å². The number of methoxy groups -OCH3 is 2. The molecule has 4 aromatic rings. The topological polar surface area (TPSA) is 89.0 Å². The van der Waals surface area contributed by atoms with Crippen molar-refractivity contribution in [2.24, 2.45) is 0 Å². The van der Waals surface area contributed by atoms with E-state index >= 15 is 0 Å². The van der Waals surface area contributed by atoms with Gasteiger partial charge < -0.3 is 14.6 Å². The van der Waals surface area contributed by atoms with Gasteiger partial charge in [-0.25, -0.2) is 4.98 Å². The summed E-state index contributed by atoms with van der Waals surface area (Å²) < 4.78 is 12.0. The molecular weight excluding hydrogens is 488 g/mol. The zero-order valence-electron chi connectivity index (χ0n) is 20.9. The van der Waals surface area contributed by atoms with Crippen LogP contribution in [0.1, 0.15) is 35.2 Å². The Balaban J connectivity index is 1.77. The number of thiazole rings is 1. The maximum atomic E-state index is 13.6. The molecule has 188 valence electrons. The number of rotatable bonds is 6. The molecule has 0 spiro atoms. The van der Waals surface area contributed by atoms with Gasteiger partial charge in [0.1, 0.15) is 23.3 Å². The first-order valence-corrected chi connectivity index (χ1v) is 12.7. The number of hydrogen-bond donors (Lipinski definition) is 1. The van der Waals surface area contributed by atoms with Gasteiger partial charge in [0.25, 0.3) is 5.78 Å². The number of ketones is 1. The summed E-state index contributed by atoms with van der Waals surface area (Å²) in [6.07, 6.45) is 0.866. The van der Waals surface area contributed by atoms with E-state index in [-0.39, 0.29) is 11.3 Å². The minimum Gasteiger partial charge on any atom is -0.507 e. The van der Waals surface area contributed by atoms with Crippen molar-refractivity contribution in [3.8, 4) is 11.5 Å². The van der Waals surface area contributed by atoms with Crippen molar-refractivity contribution in [2.75, 3.05) is 19.1 Å². The highest BCUT2D eigenvalue weighted by atomic mass is 32.1. The van der Waals surface area contributed by atoms with Crippen LogP contribution >= 0.6 is 11.3 Å². The summed E-state index contributed by atoms with van der Waals surface area (Å²) >= 11 is 1.33. The van der Waals surface area contributed by atoms with Crippen molar-refractivity contribution in [3.63, 3.8) is 0 Å². The molecule has 1 amide bonds. The Morgan fingerprint density at radius 3 is 2.46 bits per heavy atom. The zero-order valence-corrected chi connectivity index (χ0v) is 21.8. The largest absolute Gasteiger partial charge is 0.507 e. The standard InChI is InChI=1S/C29H26N2O5S/c1-5-17-8-12-21-23(14-17)37-29(30-21)31-25(20-15-19(35-3)11-13-22(20)36-4)24(27(33)28(31)34)26(32)18-9-6-16(2)7-10-18/h6-15,25,32H,5H2,1-4H3/t25-/m0/s1. The van der Waals surface area contributed by atoms with Gasteiger partial charge in [0.2, 0.25) is 0 Å². The van der Waals surface area contributed by atoms with Gasteiger partial charge in [-0.15, -0.1) is 0 Å². The highest BCUT2D eigenvalue weighted by Crippen LogP contribution is 2.47. The Bertz CT molecular complexity index is 1550. The van der Waals surface area contributed by atoms with E-state index < -0.39 is 17.7 Å². The lowest BCUT2D eigenvalue weighted by molar-refractivity contribution is -0.132. The number of aliphatic hydroxyl groups is 1. The summed E-state index contributed by atoms with van der Waals surface area (Å²) in [6, 6.07) is 17.3. The Labute approximate surface area is 218 Å². The van der Waals surface area contributed by atoms with Crippen LogP contribution in [0, 0.1) is 6.92 Å². The molecule has 1 aliphatic heterocycles. The van der Waals surface area contributed by atoms with E-state index in [1.165, 1.54) is 30.5 Å². The Morgan fingerprint density at radius 1 is 1.03 bits per heavy atom. The van der Waals surface area contributed by atoms with Crippen LogP contribution < -0.4 is 14.4 Å². The summed E-state index contributed by atoms with van der Waals surface area (Å²) in [5, 5.41) is 11.7. The molecule has 8 heteroatoms. The van der Waals surface area contributed by atoms with Crippen LogP contribution in [-0.2, 0) is 16.0 Å². The van der Waals surface area contributed by atoms with Gasteiger partial charge in [0, 0.05) is 11.1 Å². The molecule has 1 aliphatic rings. The Morgan fingerprint density at radius 2 is 1.78 bits per heavy atom. The molecule has 1 aromatic heterocycles. The molecule has 7 nitrogen and oxygen atoms in total. The van der Waals surface area contributed by atoms with Crippen LogP contribution in [0.3, 0.4) is 0 Å². The number of carbonyl (C=O) groups excluding carboxylic acids is 2. The fraction of sp³-hybridized carbons (Fsp3) is 0.207. The molecule has 0 unspecified atom stereocenters. The third kappa shape index (κ3) is 4.23. The van der Waals surface area contributed by atoms with Crippen LogP contribution in [0.25, 0.3) is 16.0 Å². The van der Waals surface area contributed by atoms with E-state index in [1.54, 1.807) is 30.3 Å². The van der Waals surface area contributed by atoms with Gasteiger partial charge >= 0.3 is 5.91 Å². The number of amides is 1. The molecule has 0 bridgehead atoms. The molecular formula is C29H26N2O5S. The van der Waals surface area contributed by atoms with Crippen molar-refractivity contribution < 1.29 is 24.2 Å². The zero-order chi connectivity index (χ0) is 26.3. The fourth-order valence-electron chi connectivity index (χ4n) is 4.52. The number of aliphatic hydroxyl groups excluding tert-OH is 1. The predicted molar refractivity (Wildman–Crippen MR) is 145 cm³/mol. The van der Waals surface area contributed by atoms with Crippen LogP contribution in [0.4, 0.5) is 5.13 Å². The molecule has 1 fully saturated rings. The summed E-state index contributed by atoms with van der Waals surface area (Å²) in [6.45, 7) is 4.00. The average Bonchev–Trinajstić information content (AvgIpc) is 3.45. The third-order valence-electron chi connectivity index (χ3n) is 6.56. The second-order valence-electron chi connectivity index (χ2n) is 8.80. The molecule has 0 radical (unpaired) electrons. The molecule has 5 rings (SSSR count). The number of aromatic nitrogens is 1. The van der Waals surface area contributed by atoms with E-state index in [1.807, 2.05) is 37.3 Å². The minimum atomic E-state index is -0.974. The van der Waals surface area contributed by atoms with Gasteiger partial charge in [-0.2, -0.15) is 0 Å². The second-order valence-corrected chi connectivity index (χ2v) is 9.80. The molecule has 0 aliphatic carbocycles. The van der Waals surface area contributed by atoms with E-state index in [4.69, 9.17) is 14.5 Å². The molecule has 1 atom stereocenters. The number of benzene rings is 3. The van der Waals surface area contributed by atoms with Crippen LogP contribution in [0.5, 0.6) is 11.5 Å². The molecule has 1 saturated heterocycles. The third-order valence-corrected chi connectivity index (χ3v) is 7.57. The number of hydrogen-bond acceptors (Lipinski definition) is 7. The SMILES string of the molecule is CCc1ccc2nc(N3C(=O)C(=O)C(=C(O)c4ccc(C)cc4)[C@@H]3c3cc(OC)ccc3OC)sc2c1. The number of anilines is 1. The lowest BCUT2D eigenvalue weighted by Crippen LogP contribution is -2.29. The molecule has 0 saturated carbocycles. The van der Waals surface area contributed by atoms with Gasteiger partial charge in [0.15, 0.2) is 5.13 Å². The van der Waals surface area contributed by atoms with Crippen LogP contribution in [-0.4, -0.2) is 36.0 Å². The number of Topliss-reactive ketones (excluding diaryl/α,β-unsaturated/α-hetero) is 1. The number of aryl methyl sites for hydroxylation is 2. The summed E-state index contributed by atoms with van der Waals surface area (Å²) in [7, 11) is 3.05. The van der Waals surface area contributed by atoms with Gasteiger partial charge in [0.05, 0.1) is 30.0 Å². The first-order valence-electron chi connectivity index (χ1n) is 11.9. The Hall–Kier alpha value is -4.17. The maximum Gasteiger partial charge on any atom is 0.301 e. The number of carbonyl (C=O) groups is 2. The summed E-state index contributed by atoms with van der Waals surface area (Å²) in [4.78, 5) is 33.1. The lowest BCUT2D eigenvalue weighted by atomic mass is 9.94. The van der Waals surface area contributed by atoms with E-state index in [0.717, 1.165) is 27.8 Å². The van der Waals surface area contributed by atoms with Crippen molar-refractivity contribution in [3.05, 3.63) is 88.5 Å². The van der Waals surface area contributed by atoms with E-state index in [0.29, 0.717) is 27.8 Å². The van der Waals surface area contributed by atoms with E-state index in [9.17, 15) is 14.7 Å². The smallest absolute Gasteiger partial charge is 0.301 e. The van der Waals surface area contributed by atoms with Crippen molar-refractivity contribution in [2.45, 2.75) is 26.3 Å². The van der Waals surface area contributed by atoms with Gasteiger partial charge in [-0.05, 0) is 49.2 Å². The number of nitrogens with zero attached hydrogens (tertiary/aromatic N) is 2. The first kappa shape index (κ1) is 24.5. The average molecular weight is 515 g/mol. The second kappa shape index (κ2) is 9.71. The summed E-state index contributed by atoms with van der Waals surface area (Å²) in [5.74, 6) is -0.847. The maximum absolute atomic E-state index is 13.6. The number of fused-ring (bicyclic) bond motifs is 1. The highest BCUT2D eigenvalue weighted by Gasteiger charge is 2.49. The van der Waals surface area contributed by atoms with Gasteiger partial charge in [-0.3, -0.25) is 14.5 Å². The van der Waals surface area contributed by atoms with Crippen LogP contribution in [0.15, 0.2) is 66.2 Å². The monoisotopic (exact) mass is 514 g/mol. The first-order chi connectivity index (χ1) is 17.9. The van der Waals surface area contributed by atoms with Crippen molar-refractivity contribution in [1.29, 1.82) is 0 Å². The van der Waals surface area contributed by atoms with E-state index in [2.05, 4.69) is 6.92 Å². The molecule has 1 N–H and O–H groups in total. The van der Waals surface area contributed by atoms with Crippen molar-refractivity contribution in [1.82, 2.24) is 4.98 Å². The quantitative estimate of drug-likeness (QED) is 0.198. The minimum absolute atomic E-state index is 0.0334. The van der Waals surface area contributed by atoms with Crippen molar-refractivity contribution >= 4 is 44.1 Å². The molecule has 37 heavy (non-hydrogen) atoms. The van der Waals surface area contributed by atoms with Gasteiger partial charge in [-0.1, -0.05) is 54.2 Å². The Kier molecular flexibility index (Phi) is 6.43. The molecule has 3 aromatic carbocycles.